The van der Waals surface area contributed by atoms with E-state index in [2.05, 4.69) is 0 Å². The Labute approximate surface area is 94.8 Å². The number of carbonyl (C=O) groups excluding carboxylic acids is 2. The minimum atomic E-state index is -0.405. The first-order valence-electron chi connectivity index (χ1n) is 5.22. The predicted molar refractivity (Wildman–Crippen MR) is 61.2 cm³/mol. The van der Waals surface area contributed by atoms with Gasteiger partial charge in [0.15, 0.2) is 0 Å². The summed E-state index contributed by atoms with van der Waals surface area (Å²) in [6, 6.07) is -0.405. The third-order valence-electron chi connectivity index (χ3n) is 2.60. The van der Waals surface area contributed by atoms with E-state index < -0.39 is 6.04 Å². The number of thiocarbonyl (C=S) groups is 1. The minimum absolute atomic E-state index is 0.142. The van der Waals surface area contributed by atoms with Crippen LogP contribution in [0.3, 0.4) is 0 Å². The molecule has 1 aliphatic rings. The molecule has 1 heterocycles. The molecule has 1 aliphatic heterocycles. The van der Waals surface area contributed by atoms with Crippen molar-refractivity contribution in [2.45, 2.75) is 45.1 Å². The lowest BCUT2D eigenvalue weighted by Gasteiger charge is -2.27. The van der Waals surface area contributed by atoms with Gasteiger partial charge in [0.25, 0.3) is 0 Å². The van der Waals surface area contributed by atoms with Gasteiger partial charge < -0.3 is 5.73 Å². The molecule has 0 radical (unpaired) electrons. The first kappa shape index (κ1) is 12.1. The molecule has 0 saturated carbocycles. The average Bonchev–Trinajstić information content (AvgIpc) is 2.32. The van der Waals surface area contributed by atoms with Crippen molar-refractivity contribution in [2.24, 2.45) is 5.73 Å². The topological polar surface area (TPSA) is 63.4 Å². The van der Waals surface area contributed by atoms with E-state index in [1.165, 1.54) is 4.90 Å². The van der Waals surface area contributed by atoms with Crippen molar-refractivity contribution in [1.29, 1.82) is 0 Å². The Morgan fingerprint density at radius 1 is 1.40 bits per heavy atom. The Balaban J connectivity index is 2.90. The van der Waals surface area contributed by atoms with Crippen molar-refractivity contribution in [3.8, 4) is 0 Å². The van der Waals surface area contributed by atoms with Gasteiger partial charge >= 0.3 is 0 Å². The van der Waals surface area contributed by atoms with Crippen molar-refractivity contribution in [1.82, 2.24) is 4.90 Å². The summed E-state index contributed by atoms with van der Waals surface area (Å²) in [5, 5.41) is 0. The maximum atomic E-state index is 11.7. The highest BCUT2D eigenvalue weighted by atomic mass is 32.1. The van der Waals surface area contributed by atoms with E-state index in [0.717, 1.165) is 12.8 Å². The molecule has 2 N–H and O–H groups in total. The normalized spacial score (nSPS) is 19.9. The van der Waals surface area contributed by atoms with Crippen molar-refractivity contribution in [2.75, 3.05) is 0 Å². The van der Waals surface area contributed by atoms with Crippen LogP contribution in [0.15, 0.2) is 0 Å². The number of carbonyl (C=O) groups is 2. The Kier molecular flexibility index (Phi) is 4.20. The largest absolute Gasteiger partial charge is 0.392 e. The van der Waals surface area contributed by atoms with Crippen LogP contribution in [0.5, 0.6) is 0 Å². The summed E-state index contributed by atoms with van der Waals surface area (Å²) in [6.45, 7) is 1.87. The van der Waals surface area contributed by atoms with Crippen LogP contribution in [0.4, 0.5) is 0 Å². The molecule has 5 heteroatoms. The molecule has 1 fully saturated rings. The van der Waals surface area contributed by atoms with Crippen molar-refractivity contribution in [3.63, 3.8) is 0 Å². The number of hydrogen-bond acceptors (Lipinski definition) is 3. The molecule has 1 atom stereocenters. The quantitative estimate of drug-likeness (QED) is 0.578. The van der Waals surface area contributed by atoms with Gasteiger partial charge in [0.2, 0.25) is 11.8 Å². The number of likely N-dealkylation sites (tertiary alicyclic amines) is 1. The number of hydrogen-bond donors (Lipinski definition) is 1. The zero-order chi connectivity index (χ0) is 11.4. The number of amides is 2. The second-order valence-corrected chi connectivity index (χ2v) is 4.16. The number of imide groups is 1. The number of nitrogens with zero attached hydrogens (tertiary/aromatic N) is 1. The van der Waals surface area contributed by atoms with Crippen LogP contribution in [0.1, 0.15) is 39.0 Å². The average molecular weight is 228 g/mol. The van der Waals surface area contributed by atoms with Crippen LogP contribution in [-0.2, 0) is 9.59 Å². The molecule has 4 nitrogen and oxygen atoms in total. The number of rotatable bonds is 3. The van der Waals surface area contributed by atoms with E-state index in [0.29, 0.717) is 19.3 Å². The highest BCUT2D eigenvalue weighted by molar-refractivity contribution is 7.80. The molecule has 0 bridgehead atoms. The molecule has 2 amide bonds. The highest BCUT2D eigenvalue weighted by Gasteiger charge is 2.31. The third kappa shape index (κ3) is 2.75. The van der Waals surface area contributed by atoms with Crippen molar-refractivity contribution in [3.05, 3.63) is 0 Å². The zero-order valence-electron chi connectivity index (χ0n) is 8.86. The Bertz CT molecular complexity index is 273. The first-order valence-corrected chi connectivity index (χ1v) is 5.63. The fourth-order valence-electron chi connectivity index (χ4n) is 1.79. The minimum Gasteiger partial charge on any atom is -0.392 e. The monoisotopic (exact) mass is 228 g/mol. The second kappa shape index (κ2) is 5.21. The smallest absolute Gasteiger partial charge is 0.229 e. The summed E-state index contributed by atoms with van der Waals surface area (Å²) in [7, 11) is 0. The maximum absolute atomic E-state index is 11.7. The van der Waals surface area contributed by atoms with E-state index in [1.807, 2.05) is 6.92 Å². The predicted octanol–water partition coefficient (Wildman–Crippen LogP) is 0.980. The van der Waals surface area contributed by atoms with Gasteiger partial charge in [0, 0.05) is 12.8 Å². The molecule has 84 valence electrons. The van der Waals surface area contributed by atoms with Crippen LogP contribution in [0, 0.1) is 0 Å². The van der Waals surface area contributed by atoms with Crippen molar-refractivity contribution < 1.29 is 9.59 Å². The fourth-order valence-corrected chi connectivity index (χ4v) is 2.06. The molecule has 1 unspecified atom stereocenters. The second-order valence-electron chi connectivity index (χ2n) is 3.69. The summed E-state index contributed by atoms with van der Waals surface area (Å²) >= 11 is 4.88. The first-order chi connectivity index (χ1) is 7.07. The van der Waals surface area contributed by atoms with Gasteiger partial charge in [-0.15, -0.1) is 0 Å². The summed E-state index contributed by atoms with van der Waals surface area (Å²) < 4.78 is 0. The molecule has 15 heavy (non-hydrogen) atoms. The van der Waals surface area contributed by atoms with Crippen LogP contribution in [-0.4, -0.2) is 27.7 Å². The summed E-state index contributed by atoms with van der Waals surface area (Å²) in [4.78, 5) is 24.9. The molecule has 0 aromatic heterocycles. The molecule has 1 saturated heterocycles. The van der Waals surface area contributed by atoms with Gasteiger partial charge in [-0.2, -0.15) is 0 Å². The standard InChI is InChI=1S/C10H16N2O2S/c1-2-7(10(11)15)12-8(13)5-3-4-6-9(12)14/h7H,2-6H2,1H3,(H2,11,15). The van der Waals surface area contributed by atoms with Crippen LogP contribution < -0.4 is 5.73 Å². The molecular formula is C10H16N2O2S. The molecule has 0 spiro atoms. The van der Waals surface area contributed by atoms with Gasteiger partial charge in [0.05, 0.1) is 11.0 Å². The van der Waals surface area contributed by atoms with E-state index in [9.17, 15) is 9.59 Å². The van der Waals surface area contributed by atoms with Crippen molar-refractivity contribution >= 4 is 29.0 Å². The number of nitrogens with two attached hydrogens (primary N) is 1. The van der Waals surface area contributed by atoms with E-state index in [-0.39, 0.29) is 16.8 Å². The Morgan fingerprint density at radius 3 is 2.20 bits per heavy atom. The summed E-state index contributed by atoms with van der Waals surface area (Å²) in [6.07, 6.45) is 2.98. The van der Waals surface area contributed by atoms with Crippen LogP contribution in [0.2, 0.25) is 0 Å². The van der Waals surface area contributed by atoms with Gasteiger partial charge in [0.1, 0.15) is 0 Å². The lowest BCUT2D eigenvalue weighted by molar-refractivity contribution is -0.145. The van der Waals surface area contributed by atoms with Crippen LogP contribution >= 0.6 is 12.2 Å². The Hall–Kier alpha value is -0.970. The zero-order valence-corrected chi connectivity index (χ0v) is 9.68. The highest BCUT2D eigenvalue weighted by Crippen LogP contribution is 2.17. The summed E-state index contributed by atoms with van der Waals surface area (Å²) in [5.74, 6) is -0.283. The Morgan fingerprint density at radius 2 is 1.87 bits per heavy atom. The SMILES string of the molecule is CCC(C(N)=S)N1C(=O)CCCCC1=O. The molecule has 1 rings (SSSR count). The lowest BCUT2D eigenvalue weighted by atomic mass is 10.1. The van der Waals surface area contributed by atoms with Gasteiger partial charge in [-0.05, 0) is 19.3 Å². The third-order valence-corrected chi connectivity index (χ3v) is 2.87. The molecular weight excluding hydrogens is 212 g/mol. The van der Waals surface area contributed by atoms with Gasteiger partial charge in [-0.1, -0.05) is 19.1 Å². The van der Waals surface area contributed by atoms with E-state index >= 15 is 0 Å². The van der Waals surface area contributed by atoms with Crippen LogP contribution in [0.25, 0.3) is 0 Å². The fraction of sp³-hybridized carbons (Fsp3) is 0.700. The lowest BCUT2D eigenvalue weighted by Crippen LogP contribution is -2.49. The molecule has 0 aliphatic carbocycles. The molecule has 0 aromatic rings. The van der Waals surface area contributed by atoms with Gasteiger partial charge in [-0.25, -0.2) is 0 Å². The van der Waals surface area contributed by atoms with E-state index in [4.69, 9.17) is 18.0 Å². The molecule has 0 aromatic carbocycles. The van der Waals surface area contributed by atoms with Gasteiger partial charge in [-0.3, -0.25) is 14.5 Å². The van der Waals surface area contributed by atoms with E-state index in [1.54, 1.807) is 0 Å². The summed E-state index contributed by atoms with van der Waals surface area (Å²) in [5.41, 5.74) is 5.54. The maximum Gasteiger partial charge on any atom is 0.229 e.